The fourth-order valence-electron chi connectivity index (χ4n) is 3.02. The van der Waals surface area contributed by atoms with Crippen LogP contribution in [-0.4, -0.2) is 15.8 Å². The third-order valence-corrected chi connectivity index (χ3v) is 5.68. The van der Waals surface area contributed by atoms with Crippen LogP contribution in [-0.2, 0) is 4.74 Å². The second-order valence-corrected chi connectivity index (χ2v) is 7.07. The van der Waals surface area contributed by atoms with Gasteiger partial charge >= 0.3 is 0 Å². The lowest BCUT2D eigenvalue weighted by Crippen LogP contribution is -2.39. The Morgan fingerprint density at radius 2 is 1.90 bits per heavy atom. The van der Waals surface area contributed by atoms with E-state index in [9.17, 15) is 0 Å². The average molecular weight is 307 g/mol. The highest BCUT2D eigenvalue weighted by molar-refractivity contribution is 8.03. The zero-order valence-corrected chi connectivity index (χ0v) is 12.6. The summed E-state index contributed by atoms with van der Waals surface area (Å²) >= 11 is 7.79. The molecule has 1 aromatic carbocycles. The highest BCUT2D eigenvalue weighted by atomic mass is 35.5. The van der Waals surface area contributed by atoms with E-state index in [-0.39, 0.29) is 4.87 Å². The van der Waals surface area contributed by atoms with E-state index in [0.29, 0.717) is 5.90 Å². The first-order chi connectivity index (χ1) is 9.77. The maximum atomic E-state index is 5.92. The molecule has 1 aliphatic carbocycles. The van der Waals surface area contributed by atoms with Crippen molar-refractivity contribution in [3.63, 3.8) is 0 Å². The van der Waals surface area contributed by atoms with Crippen molar-refractivity contribution in [3.05, 3.63) is 46.1 Å². The number of thioether (sulfide) groups is 1. The normalized spacial score (nSPS) is 23.4. The SMILES string of the molecule is Clc1ccc(C2=NN3C(=CSC34CCCCC4)O2)cc1. The lowest BCUT2D eigenvalue weighted by Gasteiger charge is -2.37. The van der Waals surface area contributed by atoms with Gasteiger partial charge in [0.25, 0.3) is 0 Å². The van der Waals surface area contributed by atoms with Gasteiger partial charge in [-0.1, -0.05) is 42.6 Å². The van der Waals surface area contributed by atoms with Crippen LogP contribution < -0.4 is 0 Å². The minimum atomic E-state index is 0.0990. The van der Waals surface area contributed by atoms with Gasteiger partial charge in [-0.2, -0.15) is 0 Å². The van der Waals surface area contributed by atoms with E-state index in [1.165, 1.54) is 32.1 Å². The molecule has 0 saturated heterocycles. The van der Waals surface area contributed by atoms with E-state index in [1.54, 1.807) is 0 Å². The van der Waals surface area contributed by atoms with Crippen LogP contribution in [0.2, 0.25) is 5.02 Å². The van der Waals surface area contributed by atoms with Gasteiger partial charge in [-0.05, 0) is 37.1 Å². The second kappa shape index (κ2) is 4.71. The fraction of sp³-hybridized carbons (Fsp3) is 0.400. The number of hydrogen-bond donors (Lipinski definition) is 0. The van der Waals surface area contributed by atoms with Gasteiger partial charge in [0.1, 0.15) is 4.87 Å². The van der Waals surface area contributed by atoms with E-state index >= 15 is 0 Å². The van der Waals surface area contributed by atoms with Crippen LogP contribution in [0.15, 0.2) is 40.7 Å². The lowest BCUT2D eigenvalue weighted by molar-refractivity contribution is 0.150. The highest BCUT2D eigenvalue weighted by Gasteiger charge is 2.47. The minimum absolute atomic E-state index is 0.0990. The van der Waals surface area contributed by atoms with E-state index in [2.05, 4.69) is 10.4 Å². The van der Waals surface area contributed by atoms with Gasteiger partial charge in [-0.25, -0.2) is 5.01 Å². The minimum Gasteiger partial charge on any atom is -0.418 e. The first-order valence-electron chi connectivity index (χ1n) is 6.98. The third kappa shape index (κ3) is 1.93. The number of hydrazone groups is 1. The summed E-state index contributed by atoms with van der Waals surface area (Å²) in [6.07, 6.45) is 6.24. The first kappa shape index (κ1) is 12.6. The van der Waals surface area contributed by atoms with Crippen molar-refractivity contribution < 1.29 is 4.74 Å². The van der Waals surface area contributed by atoms with Crippen LogP contribution in [0.25, 0.3) is 0 Å². The molecule has 1 saturated carbocycles. The Labute approximate surface area is 127 Å². The molecule has 20 heavy (non-hydrogen) atoms. The van der Waals surface area contributed by atoms with E-state index in [0.717, 1.165) is 16.5 Å². The van der Waals surface area contributed by atoms with Crippen LogP contribution in [0.5, 0.6) is 0 Å². The van der Waals surface area contributed by atoms with Crippen molar-refractivity contribution in [1.29, 1.82) is 0 Å². The summed E-state index contributed by atoms with van der Waals surface area (Å²) in [4.78, 5) is 0.0990. The Morgan fingerprint density at radius 1 is 1.15 bits per heavy atom. The van der Waals surface area contributed by atoms with E-state index in [1.807, 2.05) is 36.0 Å². The lowest BCUT2D eigenvalue weighted by atomic mass is 9.94. The van der Waals surface area contributed by atoms with Crippen molar-refractivity contribution in [2.75, 3.05) is 0 Å². The van der Waals surface area contributed by atoms with Gasteiger partial charge in [0.15, 0.2) is 0 Å². The molecule has 1 spiro atoms. The second-order valence-electron chi connectivity index (χ2n) is 5.41. The predicted octanol–water partition coefficient (Wildman–Crippen LogP) is 4.54. The number of hydrogen-bond acceptors (Lipinski definition) is 4. The van der Waals surface area contributed by atoms with E-state index < -0.39 is 0 Å². The molecule has 4 rings (SSSR count). The van der Waals surface area contributed by atoms with Crippen molar-refractivity contribution >= 4 is 29.3 Å². The number of nitrogens with zero attached hydrogens (tertiary/aromatic N) is 2. The molecule has 0 bridgehead atoms. The number of benzene rings is 1. The van der Waals surface area contributed by atoms with Crippen molar-refractivity contribution in [2.24, 2.45) is 5.10 Å². The Kier molecular flexibility index (Phi) is 2.97. The molecule has 104 valence electrons. The Balaban J connectivity index is 1.64. The van der Waals surface area contributed by atoms with Crippen molar-refractivity contribution in [1.82, 2.24) is 5.01 Å². The molecular weight excluding hydrogens is 292 g/mol. The summed E-state index contributed by atoms with van der Waals surface area (Å²) in [6.45, 7) is 0. The summed E-state index contributed by atoms with van der Waals surface area (Å²) in [5.41, 5.74) is 0.973. The van der Waals surface area contributed by atoms with Crippen molar-refractivity contribution in [3.8, 4) is 0 Å². The van der Waals surface area contributed by atoms with Gasteiger partial charge in [-0.15, -0.1) is 5.10 Å². The van der Waals surface area contributed by atoms with Crippen LogP contribution >= 0.6 is 23.4 Å². The van der Waals surface area contributed by atoms with Gasteiger partial charge < -0.3 is 4.74 Å². The molecule has 0 N–H and O–H groups in total. The molecule has 5 heteroatoms. The van der Waals surface area contributed by atoms with Crippen LogP contribution in [0.4, 0.5) is 0 Å². The molecule has 2 heterocycles. The summed E-state index contributed by atoms with van der Waals surface area (Å²) < 4.78 is 5.91. The molecule has 0 radical (unpaired) electrons. The number of rotatable bonds is 1. The molecule has 3 nitrogen and oxygen atoms in total. The van der Waals surface area contributed by atoms with Crippen LogP contribution in [0, 0.1) is 0 Å². The summed E-state index contributed by atoms with van der Waals surface area (Å²) in [5, 5.41) is 9.66. The molecule has 1 fully saturated rings. The Hall–Kier alpha value is -1.13. The summed E-state index contributed by atoms with van der Waals surface area (Å²) in [7, 11) is 0. The first-order valence-corrected chi connectivity index (χ1v) is 8.23. The van der Waals surface area contributed by atoms with Crippen LogP contribution in [0.3, 0.4) is 0 Å². The van der Waals surface area contributed by atoms with Gasteiger partial charge in [0, 0.05) is 16.0 Å². The number of ether oxygens (including phenoxy) is 1. The molecule has 0 amide bonds. The van der Waals surface area contributed by atoms with Crippen molar-refractivity contribution in [2.45, 2.75) is 37.0 Å². The maximum Gasteiger partial charge on any atom is 0.245 e. The Morgan fingerprint density at radius 3 is 2.65 bits per heavy atom. The molecule has 0 atom stereocenters. The average Bonchev–Trinajstić information content (AvgIpc) is 3.03. The zero-order chi connectivity index (χ0) is 13.6. The number of fused-ring (bicyclic) bond motifs is 2. The topological polar surface area (TPSA) is 24.8 Å². The smallest absolute Gasteiger partial charge is 0.245 e. The maximum absolute atomic E-state index is 5.92. The van der Waals surface area contributed by atoms with Gasteiger partial charge in [0.05, 0.1) is 0 Å². The molecule has 3 aliphatic rings. The quantitative estimate of drug-likeness (QED) is 0.761. The molecular formula is C15H15ClN2OS. The monoisotopic (exact) mass is 306 g/mol. The van der Waals surface area contributed by atoms with E-state index in [4.69, 9.17) is 21.4 Å². The molecule has 1 aromatic rings. The summed E-state index contributed by atoms with van der Waals surface area (Å²) in [5.74, 6) is 1.56. The standard InChI is InChI=1S/C15H15ClN2OS/c16-12-6-4-11(5-7-12)14-17-18-13(19-14)10-20-15(18)8-2-1-3-9-15/h4-7,10H,1-3,8-9H2. The largest absolute Gasteiger partial charge is 0.418 e. The zero-order valence-electron chi connectivity index (χ0n) is 11.0. The number of halogens is 1. The van der Waals surface area contributed by atoms with Gasteiger partial charge in [-0.3, -0.25) is 0 Å². The molecule has 2 aliphatic heterocycles. The molecule has 0 aromatic heterocycles. The van der Waals surface area contributed by atoms with Crippen LogP contribution in [0.1, 0.15) is 37.7 Å². The summed E-state index contributed by atoms with van der Waals surface area (Å²) in [6, 6.07) is 7.63. The highest BCUT2D eigenvalue weighted by Crippen LogP contribution is 2.52. The predicted molar refractivity (Wildman–Crippen MR) is 82.4 cm³/mol. The Bertz CT molecular complexity index is 590. The van der Waals surface area contributed by atoms with Gasteiger partial charge in [0.2, 0.25) is 11.8 Å². The molecule has 0 unspecified atom stereocenters. The fourth-order valence-corrected chi connectivity index (χ4v) is 4.37. The third-order valence-electron chi connectivity index (χ3n) is 4.09.